The fourth-order valence-corrected chi connectivity index (χ4v) is 3.31. The minimum absolute atomic E-state index is 0.158. The van der Waals surface area contributed by atoms with Crippen LogP contribution in [0.1, 0.15) is 5.82 Å². The number of para-hydroxylation sites is 1. The first-order chi connectivity index (χ1) is 13.9. The van der Waals surface area contributed by atoms with Crippen molar-refractivity contribution in [2.45, 2.75) is 12.9 Å². The zero-order valence-electron chi connectivity index (χ0n) is 15.3. The molecule has 0 amide bonds. The third kappa shape index (κ3) is 4.65. The summed E-state index contributed by atoms with van der Waals surface area (Å²) < 4.78 is 40.6. The van der Waals surface area contributed by atoms with Gasteiger partial charge in [0.25, 0.3) is 5.56 Å². The number of aromatic amines is 1. The minimum atomic E-state index is -4.73. The molecule has 1 fully saturated rings. The number of rotatable bonds is 4. The molecule has 4 rings (SSSR count). The van der Waals surface area contributed by atoms with E-state index in [1.54, 1.807) is 12.1 Å². The second-order valence-electron chi connectivity index (χ2n) is 6.69. The van der Waals surface area contributed by atoms with E-state index in [4.69, 9.17) is 0 Å². The number of anilines is 1. The molecule has 0 atom stereocenters. The second kappa shape index (κ2) is 7.70. The van der Waals surface area contributed by atoms with Crippen LogP contribution in [0.25, 0.3) is 10.9 Å². The van der Waals surface area contributed by atoms with Gasteiger partial charge in [0, 0.05) is 26.2 Å². The van der Waals surface area contributed by atoms with Gasteiger partial charge in [-0.3, -0.25) is 9.69 Å². The molecule has 2 aromatic heterocycles. The molecule has 0 unspecified atom stereocenters. The number of nitrogens with zero attached hydrogens (tertiary/aromatic N) is 4. The Balaban J connectivity index is 1.37. The summed E-state index contributed by atoms with van der Waals surface area (Å²) in [6, 6.07) is 9.96. The Morgan fingerprint density at radius 1 is 1.07 bits per heavy atom. The molecule has 152 valence electrons. The molecule has 1 aliphatic rings. The largest absolute Gasteiger partial charge is 0.573 e. The van der Waals surface area contributed by atoms with Gasteiger partial charge in [-0.25, -0.2) is 9.97 Å². The quantitative estimate of drug-likeness (QED) is 0.719. The van der Waals surface area contributed by atoms with E-state index < -0.39 is 6.36 Å². The Kier molecular flexibility index (Phi) is 5.10. The van der Waals surface area contributed by atoms with Crippen LogP contribution >= 0.6 is 0 Å². The molecule has 0 spiro atoms. The molecule has 3 aromatic rings. The number of fused-ring (bicyclic) bond motifs is 1. The summed E-state index contributed by atoms with van der Waals surface area (Å²) in [6.45, 7) is 3.24. The number of alkyl halides is 3. The monoisotopic (exact) mass is 405 g/mol. The molecule has 1 aliphatic heterocycles. The molecule has 0 radical (unpaired) electrons. The molecule has 0 saturated carbocycles. The standard InChI is InChI=1S/C19H18F3N5O2/c20-19(21,22)29-13-5-6-17(23-11-13)27-9-7-26(8-10-27)12-16-24-15-4-2-1-3-14(15)18(28)25-16/h1-6,11H,7-10,12H2,(H,24,25,28). The van der Waals surface area contributed by atoms with Crippen molar-refractivity contribution in [1.82, 2.24) is 19.9 Å². The van der Waals surface area contributed by atoms with Crippen molar-refractivity contribution in [2.75, 3.05) is 31.1 Å². The molecule has 1 saturated heterocycles. The number of hydrogen-bond acceptors (Lipinski definition) is 6. The van der Waals surface area contributed by atoms with Crippen molar-refractivity contribution in [2.24, 2.45) is 0 Å². The number of halogens is 3. The molecule has 1 aromatic carbocycles. The number of pyridine rings is 1. The van der Waals surface area contributed by atoms with Gasteiger partial charge in [-0.2, -0.15) is 0 Å². The summed E-state index contributed by atoms with van der Waals surface area (Å²) in [6.07, 6.45) is -3.66. The van der Waals surface area contributed by atoms with E-state index in [9.17, 15) is 18.0 Å². The van der Waals surface area contributed by atoms with Crippen LogP contribution in [-0.4, -0.2) is 52.4 Å². The van der Waals surface area contributed by atoms with E-state index in [1.807, 2.05) is 17.0 Å². The molecular formula is C19H18F3N5O2. The van der Waals surface area contributed by atoms with Gasteiger partial charge in [0.1, 0.15) is 17.4 Å². The topological polar surface area (TPSA) is 74.4 Å². The third-order valence-electron chi connectivity index (χ3n) is 4.69. The zero-order chi connectivity index (χ0) is 20.4. The zero-order valence-corrected chi connectivity index (χ0v) is 15.3. The van der Waals surface area contributed by atoms with Crippen molar-refractivity contribution < 1.29 is 17.9 Å². The van der Waals surface area contributed by atoms with Crippen LogP contribution in [0.15, 0.2) is 47.4 Å². The first-order valence-corrected chi connectivity index (χ1v) is 9.04. The lowest BCUT2D eigenvalue weighted by molar-refractivity contribution is -0.274. The average molecular weight is 405 g/mol. The van der Waals surface area contributed by atoms with Crippen molar-refractivity contribution in [3.05, 3.63) is 58.8 Å². The highest BCUT2D eigenvalue weighted by Gasteiger charge is 2.31. The number of aromatic nitrogens is 3. The van der Waals surface area contributed by atoms with Gasteiger partial charge in [0.05, 0.1) is 23.6 Å². The summed E-state index contributed by atoms with van der Waals surface area (Å²) in [4.78, 5) is 27.7. The van der Waals surface area contributed by atoms with Crippen molar-refractivity contribution in [3.63, 3.8) is 0 Å². The number of benzene rings is 1. The summed E-state index contributed by atoms with van der Waals surface area (Å²) in [7, 11) is 0. The van der Waals surface area contributed by atoms with E-state index >= 15 is 0 Å². The Bertz CT molecular complexity index is 1040. The van der Waals surface area contributed by atoms with Gasteiger partial charge < -0.3 is 14.6 Å². The van der Waals surface area contributed by atoms with Crippen molar-refractivity contribution in [1.29, 1.82) is 0 Å². The van der Waals surface area contributed by atoms with Gasteiger partial charge in [0.15, 0.2) is 0 Å². The SMILES string of the molecule is O=c1[nH]c(CN2CCN(c3ccc(OC(F)(F)F)cn3)CC2)nc2ccccc12. The highest BCUT2D eigenvalue weighted by atomic mass is 19.4. The van der Waals surface area contributed by atoms with E-state index in [-0.39, 0.29) is 11.3 Å². The maximum absolute atomic E-state index is 12.2. The van der Waals surface area contributed by atoms with Crippen LogP contribution in [0.2, 0.25) is 0 Å². The number of piperazine rings is 1. The number of ether oxygens (including phenoxy) is 1. The average Bonchev–Trinajstić information content (AvgIpc) is 2.68. The maximum atomic E-state index is 12.2. The Morgan fingerprint density at radius 2 is 1.83 bits per heavy atom. The highest BCUT2D eigenvalue weighted by molar-refractivity contribution is 5.77. The highest BCUT2D eigenvalue weighted by Crippen LogP contribution is 2.24. The van der Waals surface area contributed by atoms with Gasteiger partial charge in [-0.1, -0.05) is 12.1 Å². The third-order valence-corrected chi connectivity index (χ3v) is 4.69. The summed E-state index contributed by atoms with van der Waals surface area (Å²) >= 11 is 0. The van der Waals surface area contributed by atoms with E-state index in [0.717, 1.165) is 6.20 Å². The van der Waals surface area contributed by atoms with Gasteiger partial charge in [0.2, 0.25) is 0 Å². The molecule has 10 heteroatoms. The van der Waals surface area contributed by atoms with Crippen molar-refractivity contribution in [3.8, 4) is 5.75 Å². The van der Waals surface area contributed by atoms with Gasteiger partial charge >= 0.3 is 6.36 Å². The van der Waals surface area contributed by atoms with E-state index in [2.05, 4.69) is 24.6 Å². The van der Waals surface area contributed by atoms with Crippen LogP contribution in [0.4, 0.5) is 19.0 Å². The summed E-state index contributed by atoms with van der Waals surface area (Å²) in [5, 5.41) is 0.560. The molecule has 29 heavy (non-hydrogen) atoms. The lowest BCUT2D eigenvalue weighted by atomic mass is 10.2. The number of hydrogen-bond donors (Lipinski definition) is 1. The van der Waals surface area contributed by atoms with Crippen molar-refractivity contribution >= 4 is 16.7 Å². The fourth-order valence-electron chi connectivity index (χ4n) is 3.31. The molecular weight excluding hydrogens is 387 g/mol. The summed E-state index contributed by atoms with van der Waals surface area (Å²) in [5.41, 5.74) is 0.504. The van der Waals surface area contributed by atoms with Crippen LogP contribution in [0, 0.1) is 0 Å². The van der Waals surface area contributed by atoms with E-state index in [1.165, 1.54) is 12.1 Å². The molecule has 3 heterocycles. The van der Waals surface area contributed by atoms with Crippen LogP contribution in [0.3, 0.4) is 0 Å². The van der Waals surface area contributed by atoms with Crippen LogP contribution in [0.5, 0.6) is 5.75 Å². The normalized spacial score (nSPS) is 15.6. The van der Waals surface area contributed by atoms with Gasteiger partial charge in [-0.15, -0.1) is 13.2 Å². The first kappa shape index (κ1) is 19.2. The Morgan fingerprint density at radius 3 is 2.52 bits per heavy atom. The minimum Gasteiger partial charge on any atom is -0.404 e. The number of H-pyrrole nitrogens is 1. The van der Waals surface area contributed by atoms with E-state index in [0.29, 0.717) is 55.3 Å². The molecule has 7 nitrogen and oxygen atoms in total. The summed E-state index contributed by atoms with van der Waals surface area (Å²) in [5.74, 6) is 0.858. The Hall–Kier alpha value is -3.14. The smallest absolute Gasteiger partial charge is 0.404 e. The molecule has 0 aliphatic carbocycles. The lowest BCUT2D eigenvalue weighted by Gasteiger charge is -2.35. The predicted molar refractivity (Wildman–Crippen MR) is 101 cm³/mol. The van der Waals surface area contributed by atoms with Crippen LogP contribution < -0.4 is 15.2 Å². The first-order valence-electron chi connectivity index (χ1n) is 9.04. The van der Waals surface area contributed by atoms with Crippen LogP contribution in [-0.2, 0) is 6.54 Å². The maximum Gasteiger partial charge on any atom is 0.573 e. The molecule has 0 bridgehead atoms. The Labute approximate surface area is 163 Å². The predicted octanol–water partition coefficient (Wildman–Crippen LogP) is 2.54. The fraction of sp³-hybridized carbons (Fsp3) is 0.316. The lowest BCUT2D eigenvalue weighted by Crippen LogP contribution is -2.46. The second-order valence-corrected chi connectivity index (χ2v) is 6.69. The molecule has 1 N–H and O–H groups in total. The number of nitrogens with one attached hydrogen (secondary N) is 1. The van der Waals surface area contributed by atoms with Gasteiger partial charge in [-0.05, 0) is 24.3 Å².